The van der Waals surface area contributed by atoms with Crippen molar-refractivity contribution in [2.75, 3.05) is 0 Å². The number of benzene rings is 1. The molecule has 0 radical (unpaired) electrons. The highest BCUT2D eigenvalue weighted by molar-refractivity contribution is 5.99. The molecule has 3 N–H and O–H groups in total. The molecule has 3 amide bonds. The lowest BCUT2D eigenvalue weighted by atomic mass is 9.59. The Balaban J connectivity index is 1.79. The maximum absolute atomic E-state index is 13.0. The molecule has 0 spiro atoms. The summed E-state index contributed by atoms with van der Waals surface area (Å²) < 4.78 is 0. The van der Waals surface area contributed by atoms with Gasteiger partial charge in [0.2, 0.25) is 5.91 Å². The highest BCUT2D eigenvalue weighted by Gasteiger charge is 2.55. The second-order valence-electron chi connectivity index (χ2n) is 8.21. The molecule has 1 aliphatic carbocycles. The first-order chi connectivity index (χ1) is 11.9. The molecule has 2 aliphatic heterocycles. The summed E-state index contributed by atoms with van der Waals surface area (Å²) in [5, 5.41) is 8.59. The predicted octanol–water partition coefficient (Wildman–Crippen LogP) is 1.53. The molecule has 6 nitrogen and oxygen atoms in total. The van der Waals surface area contributed by atoms with E-state index in [1.807, 2.05) is 30.3 Å². The lowest BCUT2D eigenvalue weighted by Gasteiger charge is -2.52. The fourth-order valence-corrected chi connectivity index (χ4v) is 4.89. The van der Waals surface area contributed by atoms with Gasteiger partial charge < -0.3 is 5.32 Å². The molecular formula is C19H23N3O3. The molecule has 2 saturated heterocycles. The molecule has 132 valence electrons. The van der Waals surface area contributed by atoms with E-state index in [-0.39, 0.29) is 35.0 Å². The number of fused-ring (bicyclic) bond motifs is 2. The van der Waals surface area contributed by atoms with E-state index in [9.17, 15) is 14.4 Å². The molecule has 0 aromatic heterocycles. The summed E-state index contributed by atoms with van der Waals surface area (Å²) in [7, 11) is 0. The minimum atomic E-state index is -0.494. The molecule has 5 unspecified atom stereocenters. The van der Waals surface area contributed by atoms with Crippen LogP contribution in [-0.4, -0.2) is 29.9 Å². The van der Waals surface area contributed by atoms with Gasteiger partial charge in [0.05, 0.1) is 12.1 Å². The van der Waals surface area contributed by atoms with E-state index in [4.69, 9.17) is 0 Å². The molecular weight excluding hydrogens is 318 g/mol. The molecule has 5 atom stereocenters. The second-order valence-corrected chi connectivity index (χ2v) is 8.21. The summed E-state index contributed by atoms with van der Waals surface area (Å²) in [6.07, 6.45) is 0.909. The van der Waals surface area contributed by atoms with Gasteiger partial charge in [0, 0.05) is 24.3 Å². The van der Waals surface area contributed by atoms with Crippen molar-refractivity contribution < 1.29 is 14.4 Å². The average Bonchev–Trinajstić information content (AvgIpc) is 2.52. The Bertz CT molecular complexity index is 731. The smallest absolute Gasteiger partial charge is 0.322 e. The Morgan fingerprint density at radius 3 is 2.44 bits per heavy atom. The van der Waals surface area contributed by atoms with Gasteiger partial charge >= 0.3 is 6.03 Å². The normalized spacial score (nSPS) is 36.7. The Kier molecular flexibility index (Phi) is 3.68. The van der Waals surface area contributed by atoms with Crippen LogP contribution < -0.4 is 16.0 Å². The first kappa shape index (κ1) is 16.3. The van der Waals surface area contributed by atoms with Crippen LogP contribution in [0.1, 0.15) is 38.2 Å². The molecule has 2 heterocycles. The van der Waals surface area contributed by atoms with Crippen LogP contribution in [-0.2, 0) is 9.59 Å². The standard InChI is InChI=1S/C19H23N3O3/c1-19(2)8-11-14(12(23)9-19)13(10-6-4-3-5-7-10)15-16(20-11)21-18(25)22-17(15)24/h3-7,11,13-16,20H,8-9H2,1-2H3,(H2,21,22,24,25). The predicted molar refractivity (Wildman–Crippen MR) is 91.6 cm³/mol. The maximum Gasteiger partial charge on any atom is 0.322 e. The number of piperidine rings is 1. The summed E-state index contributed by atoms with van der Waals surface area (Å²) in [6, 6.07) is 9.20. The van der Waals surface area contributed by atoms with Crippen LogP contribution >= 0.6 is 0 Å². The second kappa shape index (κ2) is 5.66. The largest absolute Gasteiger partial charge is 0.322 e. The van der Waals surface area contributed by atoms with Crippen molar-refractivity contribution in [3.8, 4) is 0 Å². The van der Waals surface area contributed by atoms with Gasteiger partial charge in [-0.25, -0.2) is 4.79 Å². The summed E-state index contributed by atoms with van der Waals surface area (Å²) >= 11 is 0. The highest BCUT2D eigenvalue weighted by atomic mass is 16.2. The number of imide groups is 1. The lowest BCUT2D eigenvalue weighted by Crippen LogP contribution is -2.72. The molecule has 6 heteroatoms. The van der Waals surface area contributed by atoms with E-state index in [2.05, 4.69) is 29.8 Å². The van der Waals surface area contributed by atoms with Crippen LogP contribution in [0.5, 0.6) is 0 Å². The van der Waals surface area contributed by atoms with E-state index >= 15 is 0 Å². The fourth-order valence-electron chi connectivity index (χ4n) is 4.89. The molecule has 25 heavy (non-hydrogen) atoms. The van der Waals surface area contributed by atoms with Crippen molar-refractivity contribution in [2.24, 2.45) is 17.3 Å². The number of hydrogen-bond acceptors (Lipinski definition) is 4. The molecule has 1 aromatic rings. The van der Waals surface area contributed by atoms with Crippen molar-refractivity contribution in [1.82, 2.24) is 16.0 Å². The van der Waals surface area contributed by atoms with Gasteiger partial charge in [0.15, 0.2) is 0 Å². The SMILES string of the molecule is CC1(C)CC(=O)C2C(C1)NC1NC(=O)NC(=O)C1C2c1ccccc1. The summed E-state index contributed by atoms with van der Waals surface area (Å²) in [5.74, 6) is -1.09. The Hall–Kier alpha value is -2.21. The van der Waals surface area contributed by atoms with Gasteiger partial charge in [-0.1, -0.05) is 44.2 Å². The van der Waals surface area contributed by atoms with E-state index in [1.54, 1.807) is 0 Å². The van der Waals surface area contributed by atoms with Crippen molar-refractivity contribution in [3.05, 3.63) is 35.9 Å². The fraction of sp³-hybridized carbons (Fsp3) is 0.526. The number of Topliss-reactive ketones (excluding diaryl/α,β-unsaturated/α-hetero) is 1. The Morgan fingerprint density at radius 2 is 1.72 bits per heavy atom. The van der Waals surface area contributed by atoms with E-state index in [1.165, 1.54) is 0 Å². The molecule has 4 rings (SSSR count). The van der Waals surface area contributed by atoms with Gasteiger partial charge in [-0.2, -0.15) is 0 Å². The Morgan fingerprint density at radius 1 is 1.00 bits per heavy atom. The zero-order valence-corrected chi connectivity index (χ0v) is 14.4. The molecule has 1 aromatic carbocycles. The molecule has 1 saturated carbocycles. The highest BCUT2D eigenvalue weighted by Crippen LogP contribution is 2.48. The van der Waals surface area contributed by atoms with Crippen molar-refractivity contribution in [3.63, 3.8) is 0 Å². The van der Waals surface area contributed by atoms with Crippen LogP contribution in [0.15, 0.2) is 30.3 Å². The van der Waals surface area contributed by atoms with E-state index < -0.39 is 18.1 Å². The number of carbonyl (C=O) groups is 3. The lowest BCUT2D eigenvalue weighted by molar-refractivity contribution is -0.138. The number of ketones is 1. The number of rotatable bonds is 1. The zero-order chi connectivity index (χ0) is 17.8. The van der Waals surface area contributed by atoms with E-state index in [0.29, 0.717) is 6.42 Å². The number of carbonyl (C=O) groups excluding carboxylic acids is 3. The zero-order valence-electron chi connectivity index (χ0n) is 14.4. The minimum absolute atomic E-state index is 0.0473. The first-order valence-corrected chi connectivity index (χ1v) is 8.81. The molecule has 3 aliphatic rings. The maximum atomic E-state index is 13.0. The van der Waals surface area contributed by atoms with Crippen LogP contribution in [0.4, 0.5) is 4.79 Å². The van der Waals surface area contributed by atoms with Crippen LogP contribution in [0.25, 0.3) is 0 Å². The first-order valence-electron chi connectivity index (χ1n) is 8.81. The Labute approximate surface area is 146 Å². The molecule has 0 bridgehead atoms. The van der Waals surface area contributed by atoms with Gasteiger partial charge in [-0.3, -0.25) is 20.2 Å². The molecule has 3 fully saturated rings. The van der Waals surface area contributed by atoms with Gasteiger partial charge in [0.1, 0.15) is 5.78 Å². The van der Waals surface area contributed by atoms with Gasteiger partial charge in [-0.15, -0.1) is 0 Å². The van der Waals surface area contributed by atoms with Gasteiger partial charge in [0.25, 0.3) is 0 Å². The summed E-state index contributed by atoms with van der Waals surface area (Å²) in [5.41, 5.74) is 0.897. The minimum Gasteiger partial charge on any atom is -0.322 e. The third-order valence-corrected chi connectivity index (χ3v) is 5.77. The number of urea groups is 1. The third-order valence-electron chi connectivity index (χ3n) is 5.77. The number of nitrogens with one attached hydrogen (secondary N) is 3. The van der Waals surface area contributed by atoms with E-state index in [0.717, 1.165) is 12.0 Å². The van der Waals surface area contributed by atoms with Crippen molar-refractivity contribution in [1.29, 1.82) is 0 Å². The number of amides is 3. The van der Waals surface area contributed by atoms with Gasteiger partial charge in [-0.05, 0) is 17.4 Å². The van der Waals surface area contributed by atoms with Crippen molar-refractivity contribution >= 4 is 17.7 Å². The van der Waals surface area contributed by atoms with Crippen molar-refractivity contribution in [2.45, 2.75) is 44.8 Å². The number of hydrogen-bond donors (Lipinski definition) is 3. The monoisotopic (exact) mass is 341 g/mol. The van der Waals surface area contributed by atoms with Crippen LogP contribution in [0, 0.1) is 17.3 Å². The third kappa shape index (κ3) is 2.74. The van der Waals surface area contributed by atoms with Crippen LogP contribution in [0.2, 0.25) is 0 Å². The summed E-state index contributed by atoms with van der Waals surface area (Å²) in [4.78, 5) is 37.4. The van der Waals surface area contributed by atoms with Crippen LogP contribution in [0.3, 0.4) is 0 Å². The average molecular weight is 341 g/mol. The summed E-state index contributed by atoms with van der Waals surface area (Å²) in [6.45, 7) is 4.19. The topological polar surface area (TPSA) is 87.3 Å². The quantitative estimate of drug-likeness (QED) is 0.723.